The van der Waals surface area contributed by atoms with Gasteiger partial charge in [0.2, 0.25) is 0 Å². The fourth-order valence-electron chi connectivity index (χ4n) is 0.886. The van der Waals surface area contributed by atoms with Crippen molar-refractivity contribution in [2.24, 2.45) is 0 Å². The molecule has 1 amide bonds. The summed E-state index contributed by atoms with van der Waals surface area (Å²) in [6.45, 7) is -1.49. The number of carbonyl (C=O) groups excluding carboxylic acids is 1. The Morgan fingerprint density at radius 1 is 0.895 bits per heavy atom. The quantitative estimate of drug-likeness (QED) is 0.787. The van der Waals surface area contributed by atoms with Crippen molar-refractivity contribution in [1.29, 1.82) is 0 Å². The van der Waals surface area contributed by atoms with E-state index in [1.54, 1.807) is 0 Å². The SMILES string of the molecule is O=C([O-])NCCC(F)(F)C(F)(F)C(F)(F)C(F)(F)F. The van der Waals surface area contributed by atoms with Gasteiger partial charge in [-0.1, -0.05) is 0 Å². The molecule has 0 saturated carbocycles. The number of halogens is 9. The van der Waals surface area contributed by atoms with Crippen molar-refractivity contribution in [2.75, 3.05) is 6.54 Å². The molecular weight excluding hydrogens is 301 g/mol. The van der Waals surface area contributed by atoms with Gasteiger partial charge < -0.3 is 15.2 Å². The number of rotatable bonds is 5. The molecular formula is C7H5F9NO2-. The maximum atomic E-state index is 12.7. The van der Waals surface area contributed by atoms with Crippen molar-refractivity contribution in [1.82, 2.24) is 5.32 Å². The molecule has 0 radical (unpaired) electrons. The van der Waals surface area contributed by atoms with Crippen LogP contribution in [0.25, 0.3) is 0 Å². The number of carboxylic acid groups (broad SMARTS) is 1. The van der Waals surface area contributed by atoms with E-state index in [0.717, 1.165) is 5.32 Å². The van der Waals surface area contributed by atoms with E-state index in [-0.39, 0.29) is 0 Å². The highest BCUT2D eigenvalue weighted by atomic mass is 19.4. The third-order valence-corrected chi connectivity index (χ3v) is 1.92. The summed E-state index contributed by atoms with van der Waals surface area (Å²) in [7, 11) is 0. The summed E-state index contributed by atoms with van der Waals surface area (Å²) in [6.07, 6.45) is -11.3. The van der Waals surface area contributed by atoms with Crippen LogP contribution in [0.5, 0.6) is 0 Å². The lowest BCUT2D eigenvalue weighted by Gasteiger charge is -2.33. The van der Waals surface area contributed by atoms with Crippen LogP contribution in [0.15, 0.2) is 0 Å². The molecule has 0 aliphatic rings. The predicted molar refractivity (Wildman–Crippen MR) is 38.9 cm³/mol. The largest absolute Gasteiger partial charge is 0.530 e. The van der Waals surface area contributed by atoms with E-state index >= 15 is 0 Å². The third-order valence-electron chi connectivity index (χ3n) is 1.92. The topological polar surface area (TPSA) is 52.2 Å². The Kier molecular flexibility index (Phi) is 4.61. The normalized spacial score (nSPS) is 14.4. The first-order valence-corrected chi connectivity index (χ1v) is 4.32. The van der Waals surface area contributed by atoms with Gasteiger partial charge in [0.25, 0.3) is 0 Å². The summed E-state index contributed by atoms with van der Waals surface area (Å²) in [4.78, 5) is 9.71. The molecule has 114 valence electrons. The summed E-state index contributed by atoms with van der Waals surface area (Å²) in [5.41, 5.74) is 0. The number of amides is 1. The number of nitrogens with one attached hydrogen (secondary N) is 1. The molecule has 0 aromatic carbocycles. The molecule has 1 N–H and O–H groups in total. The van der Waals surface area contributed by atoms with Crippen LogP contribution in [0.4, 0.5) is 44.3 Å². The molecule has 0 rings (SSSR count). The molecule has 0 aliphatic heterocycles. The van der Waals surface area contributed by atoms with Gasteiger partial charge >= 0.3 is 23.9 Å². The molecule has 0 atom stereocenters. The number of alkyl halides is 9. The van der Waals surface area contributed by atoms with E-state index < -0.39 is 43.0 Å². The molecule has 0 fully saturated rings. The van der Waals surface area contributed by atoms with Crippen molar-refractivity contribution in [3.8, 4) is 0 Å². The van der Waals surface area contributed by atoms with E-state index in [0.29, 0.717) is 0 Å². The van der Waals surface area contributed by atoms with E-state index in [1.807, 2.05) is 0 Å². The molecule has 12 heteroatoms. The minimum absolute atomic E-state index is 1.03. The van der Waals surface area contributed by atoms with E-state index in [1.165, 1.54) is 0 Å². The fourth-order valence-corrected chi connectivity index (χ4v) is 0.886. The van der Waals surface area contributed by atoms with E-state index in [4.69, 9.17) is 0 Å². The Hall–Kier alpha value is -1.36. The van der Waals surface area contributed by atoms with E-state index in [2.05, 4.69) is 0 Å². The summed E-state index contributed by atoms with van der Waals surface area (Å²) < 4.78 is 110. The maximum Gasteiger partial charge on any atom is 0.460 e. The molecule has 19 heavy (non-hydrogen) atoms. The lowest BCUT2D eigenvalue weighted by atomic mass is 10.0. The van der Waals surface area contributed by atoms with Gasteiger partial charge in [-0.3, -0.25) is 0 Å². The highest BCUT2D eigenvalue weighted by molar-refractivity contribution is 5.61. The average Bonchev–Trinajstić information content (AvgIpc) is 2.14. The minimum Gasteiger partial charge on any atom is -0.530 e. The zero-order valence-corrected chi connectivity index (χ0v) is 8.63. The molecule has 0 aliphatic carbocycles. The standard InChI is InChI=1S/C7H6F9NO2/c8-4(9,1-2-17-3(18)19)5(10,11)6(12,13)7(14,15)16/h17H,1-2H2,(H,18,19)/p-1. The highest BCUT2D eigenvalue weighted by Gasteiger charge is 2.81. The molecule has 0 bridgehead atoms. The van der Waals surface area contributed by atoms with Crippen molar-refractivity contribution in [2.45, 2.75) is 30.4 Å². The number of carbonyl (C=O) groups is 1. The number of hydrogen-bond acceptors (Lipinski definition) is 2. The minimum atomic E-state index is -6.97. The Morgan fingerprint density at radius 3 is 1.63 bits per heavy atom. The molecule has 0 saturated heterocycles. The third kappa shape index (κ3) is 3.35. The monoisotopic (exact) mass is 306 g/mol. The molecule has 0 aromatic rings. The lowest BCUT2D eigenvalue weighted by Crippen LogP contribution is -2.61. The van der Waals surface area contributed by atoms with Crippen molar-refractivity contribution >= 4 is 6.09 Å². The Bertz CT molecular complexity index is 338. The van der Waals surface area contributed by atoms with Crippen LogP contribution in [0.3, 0.4) is 0 Å². The van der Waals surface area contributed by atoms with Crippen molar-refractivity contribution in [3.63, 3.8) is 0 Å². The Balaban J connectivity index is 5.11. The van der Waals surface area contributed by atoms with Gasteiger partial charge in [-0.2, -0.15) is 39.5 Å². The highest BCUT2D eigenvalue weighted by Crippen LogP contribution is 2.53. The molecule has 0 unspecified atom stereocenters. The van der Waals surface area contributed by atoms with Gasteiger partial charge in [0.15, 0.2) is 0 Å². The second-order valence-electron chi connectivity index (χ2n) is 3.32. The summed E-state index contributed by atoms with van der Waals surface area (Å²) in [5.74, 6) is -19.5. The lowest BCUT2D eigenvalue weighted by molar-refractivity contribution is -0.396. The predicted octanol–water partition coefficient (Wildman–Crippen LogP) is 1.78. The van der Waals surface area contributed by atoms with Gasteiger partial charge in [-0.25, -0.2) is 0 Å². The zero-order valence-electron chi connectivity index (χ0n) is 8.63. The smallest absolute Gasteiger partial charge is 0.460 e. The molecule has 0 aromatic heterocycles. The Morgan fingerprint density at radius 2 is 1.32 bits per heavy atom. The van der Waals surface area contributed by atoms with Gasteiger partial charge in [0.05, 0.1) is 0 Å². The maximum absolute atomic E-state index is 12.7. The summed E-state index contributed by atoms with van der Waals surface area (Å²) in [6, 6.07) is 0. The molecule has 0 heterocycles. The van der Waals surface area contributed by atoms with Gasteiger partial charge in [0, 0.05) is 13.0 Å². The summed E-state index contributed by atoms with van der Waals surface area (Å²) in [5, 5.41) is 10.7. The second kappa shape index (κ2) is 4.96. The van der Waals surface area contributed by atoms with Crippen LogP contribution >= 0.6 is 0 Å². The first-order valence-electron chi connectivity index (χ1n) is 4.32. The summed E-state index contributed by atoms with van der Waals surface area (Å²) >= 11 is 0. The first-order chi connectivity index (χ1) is 8.17. The molecule has 3 nitrogen and oxygen atoms in total. The van der Waals surface area contributed by atoms with Gasteiger partial charge in [-0.15, -0.1) is 0 Å². The zero-order chi connectivity index (χ0) is 15.7. The molecule has 0 spiro atoms. The fraction of sp³-hybridized carbons (Fsp3) is 0.857. The van der Waals surface area contributed by atoms with Crippen LogP contribution < -0.4 is 10.4 Å². The van der Waals surface area contributed by atoms with Crippen molar-refractivity contribution < 1.29 is 49.4 Å². The van der Waals surface area contributed by atoms with Gasteiger partial charge in [-0.05, 0) is 0 Å². The van der Waals surface area contributed by atoms with Crippen molar-refractivity contribution in [3.05, 3.63) is 0 Å². The Labute approximate surface area is 98.9 Å². The number of hydrogen-bond donors (Lipinski definition) is 1. The van der Waals surface area contributed by atoms with Crippen LogP contribution in [0, 0.1) is 0 Å². The average molecular weight is 306 g/mol. The van der Waals surface area contributed by atoms with Crippen LogP contribution in [-0.2, 0) is 0 Å². The van der Waals surface area contributed by atoms with Gasteiger partial charge in [0.1, 0.15) is 6.09 Å². The van der Waals surface area contributed by atoms with Crippen LogP contribution in [0.1, 0.15) is 6.42 Å². The second-order valence-corrected chi connectivity index (χ2v) is 3.32. The van der Waals surface area contributed by atoms with Crippen LogP contribution in [-0.4, -0.2) is 36.6 Å². The van der Waals surface area contributed by atoms with Crippen LogP contribution in [0.2, 0.25) is 0 Å². The van der Waals surface area contributed by atoms with E-state index in [9.17, 15) is 49.4 Å². The first kappa shape index (κ1) is 17.6.